The summed E-state index contributed by atoms with van der Waals surface area (Å²) in [6.45, 7) is 9.72. The second-order valence-electron chi connectivity index (χ2n) is 10.1. The van der Waals surface area contributed by atoms with Crippen LogP contribution in [-0.4, -0.2) is 66.1 Å². The highest BCUT2D eigenvalue weighted by Gasteiger charge is 2.37. The summed E-state index contributed by atoms with van der Waals surface area (Å²) < 4.78 is 6.20. The van der Waals surface area contributed by atoms with Gasteiger partial charge in [0.25, 0.3) is 0 Å². The lowest BCUT2D eigenvalue weighted by Crippen LogP contribution is -2.49. The van der Waals surface area contributed by atoms with Crippen LogP contribution in [0.2, 0.25) is 0 Å². The number of carbonyl (C=O) groups excluding carboxylic acids is 1. The summed E-state index contributed by atoms with van der Waals surface area (Å²) in [7, 11) is 0. The Morgan fingerprint density at radius 1 is 1.06 bits per heavy atom. The average molecular weight is 445 g/mol. The molecule has 1 fully saturated rings. The van der Waals surface area contributed by atoms with E-state index < -0.39 is 5.97 Å². The predicted molar refractivity (Wildman–Crippen MR) is 126 cm³/mol. The maximum atomic E-state index is 12.4. The van der Waals surface area contributed by atoms with Crippen molar-refractivity contribution in [3.63, 3.8) is 0 Å². The van der Waals surface area contributed by atoms with Crippen LogP contribution in [0, 0.1) is 11.3 Å². The number of aliphatic carboxylic acids is 1. The van der Waals surface area contributed by atoms with Gasteiger partial charge in [-0.3, -0.25) is 14.5 Å². The molecule has 1 aromatic rings. The second-order valence-corrected chi connectivity index (χ2v) is 10.1. The first-order valence-electron chi connectivity index (χ1n) is 12.3. The molecule has 1 N–H and O–H groups in total. The highest BCUT2D eigenvalue weighted by Crippen LogP contribution is 2.38. The molecule has 2 heterocycles. The van der Waals surface area contributed by atoms with Gasteiger partial charge in [0, 0.05) is 39.1 Å². The number of carboxylic acids is 1. The molecule has 0 unspecified atom stereocenters. The molecule has 178 valence electrons. The van der Waals surface area contributed by atoms with Gasteiger partial charge in [-0.2, -0.15) is 0 Å². The summed E-state index contributed by atoms with van der Waals surface area (Å²) in [6.07, 6.45) is 6.58. The Bertz CT molecular complexity index is 756. The molecule has 0 bridgehead atoms. The van der Waals surface area contributed by atoms with Crippen LogP contribution in [0.4, 0.5) is 0 Å². The molecule has 0 radical (unpaired) electrons. The van der Waals surface area contributed by atoms with Crippen LogP contribution in [0.5, 0.6) is 5.75 Å². The number of piperidine rings is 1. The highest BCUT2D eigenvalue weighted by molar-refractivity contribution is 5.80. The number of benzene rings is 1. The molecule has 2 aliphatic heterocycles. The van der Waals surface area contributed by atoms with Crippen LogP contribution < -0.4 is 4.74 Å². The number of nitrogens with zero attached hydrogens (tertiary/aromatic N) is 2. The van der Waals surface area contributed by atoms with Crippen LogP contribution >= 0.6 is 0 Å². The van der Waals surface area contributed by atoms with Gasteiger partial charge in [-0.1, -0.05) is 38.5 Å². The van der Waals surface area contributed by atoms with Crippen molar-refractivity contribution in [3.05, 3.63) is 29.8 Å². The Morgan fingerprint density at radius 2 is 1.81 bits per heavy atom. The monoisotopic (exact) mass is 444 g/mol. The molecule has 32 heavy (non-hydrogen) atoms. The molecule has 3 rings (SSSR count). The number of carbonyl (C=O) groups is 2. The molecule has 0 aromatic heterocycles. The molecular formula is C26H40N2O4. The van der Waals surface area contributed by atoms with Crippen LogP contribution in [0.15, 0.2) is 24.3 Å². The van der Waals surface area contributed by atoms with Gasteiger partial charge < -0.3 is 14.7 Å². The molecule has 0 aliphatic carbocycles. The first-order valence-corrected chi connectivity index (χ1v) is 12.3. The first-order chi connectivity index (χ1) is 15.4. The Morgan fingerprint density at radius 3 is 2.53 bits per heavy atom. The van der Waals surface area contributed by atoms with Crippen molar-refractivity contribution in [2.24, 2.45) is 11.3 Å². The third kappa shape index (κ3) is 7.22. The normalized spacial score (nSPS) is 20.2. The topological polar surface area (TPSA) is 70.1 Å². The van der Waals surface area contributed by atoms with E-state index in [1.807, 2.05) is 4.90 Å². The number of aryl methyl sites for hydroxylation is 1. The van der Waals surface area contributed by atoms with Crippen molar-refractivity contribution in [1.29, 1.82) is 0 Å². The van der Waals surface area contributed by atoms with E-state index >= 15 is 0 Å². The number of hydrogen-bond donors (Lipinski definition) is 1. The molecule has 1 amide bonds. The minimum atomic E-state index is -0.903. The number of amides is 1. The number of ether oxygens (including phenoxy) is 1. The average Bonchev–Trinajstić information content (AvgIpc) is 2.75. The van der Waals surface area contributed by atoms with Crippen LogP contribution in [-0.2, 0) is 16.0 Å². The third-order valence-corrected chi connectivity index (χ3v) is 6.95. The van der Waals surface area contributed by atoms with Gasteiger partial charge >= 0.3 is 5.97 Å². The van der Waals surface area contributed by atoms with E-state index in [1.54, 1.807) is 0 Å². The summed E-state index contributed by atoms with van der Waals surface area (Å²) in [5, 5.41) is 8.89. The smallest absolute Gasteiger partial charge is 0.303 e. The summed E-state index contributed by atoms with van der Waals surface area (Å²) in [6, 6.07) is 8.42. The van der Waals surface area contributed by atoms with Crippen molar-refractivity contribution in [1.82, 2.24) is 9.80 Å². The molecule has 6 heteroatoms. The molecule has 1 aromatic carbocycles. The number of carboxylic acid groups (broad SMARTS) is 1. The van der Waals surface area contributed by atoms with Gasteiger partial charge in [0.1, 0.15) is 12.4 Å². The van der Waals surface area contributed by atoms with E-state index in [2.05, 4.69) is 43.0 Å². The zero-order chi connectivity index (χ0) is 23.0. The fourth-order valence-corrected chi connectivity index (χ4v) is 5.27. The number of likely N-dealkylation sites (tertiary alicyclic amines) is 1. The fourth-order valence-electron chi connectivity index (χ4n) is 5.27. The number of rotatable bonds is 5. The molecule has 1 spiro atoms. The Kier molecular flexibility index (Phi) is 8.97. The maximum Gasteiger partial charge on any atom is 0.303 e. The number of fused-ring (bicyclic) bond motifs is 1. The summed E-state index contributed by atoms with van der Waals surface area (Å²) in [5.74, 6) is 0.698. The lowest BCUT2D eigenvalue weighted by atomic mass is 9.73. The van der Waals surface area contributed by atoms with Crippen molar-refractivity contribution < 1.29 is 19.4 Å². The van der Waals surface area contributed by atoms with E-state index in [1.165, 1.54) is 18.4 Å². The van der Waals surface area contributed by atoms with Gasteiger partial charge in [0.15, 0.2) is 0 Å². The van der Waals surface area contributed by atoms with E-state index in [-0.39, 0.29) is 24.2 Å². The fraction of sp³-hybridized carbons (Fsp3) is 0.692. The standard InChI is InChI=1S/C26H40N2O4/c1-21(2)19-27-17-18-32-23-9-4-3-7-22(23)8-5-6-12-26(20-27)13-15-28(16-14-26)24(29)10-11-25(30)31/h3-4,7,9,21H,5-6,8,10-20H2,1-2H3,(H,30,31). The van der Waals surface area contributed by atoms with E-state index in [0.29, 0.717) is 12.5 Å². The minimum Gasteiger partial charge on any atom is -0.492 e. The summed E-state index contributed by atoms with van der Waals surface area (Å²) in [4.78, 5) is 27.7. The molecule has 0 atom stereocenters. The van der Waals surface area contributed by atoms with Crippen LogP contribution in [0.1, 0.15) is 64.4 Å². The number of hydrogen-bond acceptors (Lipinski definition) is 4. The van der Waals surface area contributed by atoms with Crippen molar-refractivity contribution in [2.45, 2.75) is 65.2 Å². The first kappa shape index (κ1) is 24.6. The number of para-hydroxylation sites is 1. The molecular weight excluding hydrogens is 404 g/mol. The molecule has 6 nitrogen and oxygen atoms in total. The summed E-state index contributed by atoms with van der Waals surface area (Å²) >= 11 is 0. The summed E-state index contributed by atoms with van der Waals surface area (Å²) in [5.41, 5.74) is 1.52. The van der Waals surface area contributed by atoms with Gasteiger partial charge in [-0.25, -0.2) is 0 Å². The molecule has 0 saturated carbocycles. The maximum absolute atomic E-state index is 12.4. The quantitative estimate of drug-likeness (QED) is 0.736. The van der Waals surface area contributed by atoms with Crippen LogP contribution in [0.3, 0.4) is 0 Å². The van der Waals surface area contributed by atoms with Crippen LogP contribution in [0.25, 0.3) is 0 Å². The Labute approximate surface area is 192 Å². The van der Waals surface area contributed by atoms with E-state index in [4.69, 9.17) is 9.84 Å². The predicted octanol–water partition coefficient (Wildman–Crippen LogP) is 4.22. The molecule has 1 saturated heterocycles. The van der Waals surface area contributed by atoms with Gasteiger partial charge in [-0.05, 0) is 55.1 Å². The molecule has 2 aliphatic rings. The van der Waals surface area contributed by atoms with Gasteiger partial charge in [-0.15, -0.1) is 0 Å². The minimum absolute atomic E-state index is 0.0144. The second kappa shape index (κ2) is 11.7. The van der Waals surface area contributed by atoms with E-state index in [9.17, 15) is 9.59 Å². The van der Waals surface area contributed by atoms with Gasteiger partial charge in [0.05, 0.1) is 6.42 Å². The zero-order valence-electron chi connectivity index (χ0n) is 19.9. The largest absolute Gasteiger partial charge is 0.492 e. The Hall–Kier alpha value is -2.08. The lowest BCUT2D eigenvalue weighted by Gasteiger charge is -2.45. The highest BCUT2D eigenvalue weighted by atomic mass is 16.5. The Balaban J connectivity index is 1.68. The van der Waals surface area contributed by atoms with Gasteiger partial charge in [0.2, 0.25) is 5.91 Å². The third-order valence-electron chi connectivity index (χ3n) is 6.95. The SMILES string of the molecule is CC(C)CN1CCOc2ccccc2CCCCC2(CCN(C(=O)CCC(=O)O)CC2)C1. The zero-order valence-corrected chi connectivity index (χ0v) is 19.9. The van der Waals surface area contributed by atoms with E-state index in [0.717, 1.165) is 64.2 Å². The lowest BCUT2D eigenvalue weighted by molar-refractivity contribution is -0.141. The van der Waals surface area contributed by atoms with Crippen molar-refractivity contribution in [2.75, 3.05) is 39.3 Å². The van der Waals surface area contributed by atoms with Crippen molar-refractivity contribution in [3.8, 4) is 5.75 Å². The van der Waals surface area contributed by atoms with Crippen molar-refractivity contribution >= 4 is 11.9 Å².